The third-order valence-electron chi connectivity index (χ3n) is 2.97. The van der Waals surface area contributed by atoms with Crippen molar-refractivity contribution in [3.05, 3.63) is 0 Å². The van der Waals surface area contributed by atoms with Crippen LogP contribution in [-0.2, 0) is 14.3 Å². The molecule has 1 heterocycles. The summed E-state index contributed by atoms with van der Waals surface area (Å²) >= 11 is 0. The molecule has 1 aliphatic heterocycles. The van der Waals surface area contributed by atoms with Gasteiger partial charge in [0.05, 0.1) is 19.1 Å². The van der Waals surface area contributed by atoms with Crippen LogP contribution in [0.3, 0.4) is 0 Å². The average Bonchev–Trinajstić information content (AvgIpc) is 2.72. The predicted octanol–water partition coefficient (Wildman–Crippen LogP) is 0.793. The van der Waals surface area contributed by atoms with Crippen molar-refractivity contribution in [1.82, 2.24) is 0 Å². The highest BCUT2D eigenvalue weighted by atomic mass is 16.7. The summed E-state index contributed by atoms with van der Waals surface area (Å²) in [5, 5.41) is 0. The van der Waals surface area contributed by atoms with Gasteiger partial charge in [0, 0.05) is 0 Å². The molecule has 80 valence electrons. The Balaban J connectivity index is 1.72. The van der Waals surface area contributed by atoms with Crippen LogP contribution in [-0.4, -0.2) is 24.9 Å². The Kier molecular flexibility index (Phi) is 3.03. The Bertz CT molecular complexity index is 213. The first-order chi connectivity index (χ1) is 6.75. The summed E-state index contributed by atoms with van der Waals surface area (Å²) in [7, 11) is 0. The maximum atomic E-state index is 10.9. The molecule has 1 saturated heterocycles. The van der Waals surface area contributed by atoms with Gasteiger partial charge in [-0.25, -0.2) is 0 Å². The molecule has 4 nitrogen and oxygen atoms in total. The van der Waals surface area contributed by atoms with Crippen molar-refractivity contribution in [1.29, 1.82) is 0 Å². The van der Waals surface area contributed by atoms with Gasteiger partial charge in [0.15, 0.2) is 0 Å². The first-order valence-corrected chi connectivity index (χ1v) is 5.32. The molecule has 14 heavy (non-hydrogen) atoms. The molecule has 0 aromatic carbocycles. The molecule has 0 radical (unpaired) electrons. The quantitative estimate of drug-likeness (QED) is 0.683. The number of rotatable bonds is 3. The zero-order chi connectivity index (χ0) is 9.97. The molecule has 0 amide bonds. The number of esters is 1. The van der Waals surface area contributed by atoms with Crippen LogP contribution in [0.1, 0.15) is 32.1 Å². The maximum absolute atomic E-state index is 10.9. The van der Waals surface area contributed by atoms with E-state index in [4.69, 9.17) is 15.2 Å². The van der Waals surface area contributed by atoms with Gasteiger partial charge in [0.2, 0.25) is 6.29 Å². The molecule has 2 atom stereocenters. The van der Waals surface area contributed by atoms with Crippen molar-refractivity contribution in [2.45, 2.75) is 44.4 Å². The highest BCUT2D eigenvalue weighted by Crippen LogP contribution is 2.26. The Labute approximate surface area is 83.7 Å². The van der Waals surface area contributed by atoms with Gasteiger partial charge in [-0.3, -0.25) is 4.79 Å². The van der Waals surface area contributed by atoms with E-state index in [1.807, 2.05) is 0 Å². The summed E-state index contributed by atoms with van der Waals surface area (Å²) in [6, 6.07) is -0.274. The van der Waals surface area contributed by atoms with Crippen molar-refractivity contribution < 1.29 is 14.3 Å². The fourth-order valence-corrected chi connectivity index (χ4v) is 2.12. The first-order valence-electron chi connectivity index (χ1n) is 5.32. The van der Waals surface area contributed by atoms with E-state index in [0.717, 1.165) is 0 Å². The van der Waals surface area contributed by atoms with E-state index in [1.165, 1.54) is 25.7 Å². The number of ether oxygens (including phenoxy) is 2. The van der Waals surface area contributed by atoms with Gasteiger partial charge in [0.1, 0.15) is 0 Å². The minimum absolute atomic E-state index is 0.242. The van der Waals surface area contributed by atoms with Crippen LogP contribution in [0.5, 0.6) is 0 Å². The molecule has 0 aromatic heterocycles. The molecule has 2 fully saturated rings. The van der Waals surface area contributed by atoms with Gasteiger partial charge in [-0.15, -0.1) is 0 Å². The van der Waals surface area contributed by atoms with E-state index in [0.29, 0.717) is 12.5 Å². The Hall–Kier alpha value is -0.610. The molecular formula is C10H17NO3. The summed E-state index contributed by atoms with van der Waals surface area (Å²) in [6.07, 6.45) is 4.85. The largest absolute Gasteiger partial charge is 0.434 e. The van der Waals surface area contributed by atoms with Gasteiger partial charge in [-0.1, -0.05) is 12.8 Å². The fourth-order valence-electron chi connectivity index (χ4n) is 2.12. The lowest BCUT2D eigenvalue weighted by molar-refractivity contribution is -0.166. The molecule has 0 aromatic rings. The first kappa shape index (κ1) is 9.93. The van der Waals surface area contributed by atoms with E-state index in [9.17, 15) is 4.79 Å². The van der Waals surface area contributed by atoms with E-state index >= 15 is 0 Å². The summed E-state index contributed by atoms with van der Waals surface area (Å²) in [5.74, 6) is 0.399. The van der Waals surface area contributed by atoms with Crippen molar-refractivity contribution in [2.24, 2.45) is 11.7 Å². The molecule has 2 N–H and O–H groups in total. The molecule has 0 spiro atoms. The normalized spacial score (nSPS) is 33.6. The van der Waals surface area contributed by atoms with Gasteiger partial charge >= 0.3 is 5.97 Å². The molecule has 2 aliphatic rings. The zero-order valence-corrected chi connectivity index (χ0v) is 8.28. The van der Waals surface area contributed by atoms with Gasteiger partial charge in [-0.05, 0) is 18.8 Å². The number of cyclic esters (lactones) is 1. The SMILES string of the molecule is NC1CC(=O)OC1OCC1CCCC1. The maximum Gasteiger partial charge on any atom is 0.309 e. The topological polar surface area (TPSA) is 61.6 Å². The van der Waals surface area contributed by atoms with E-state index in [-0.39, 0.29) is 18.4 Å². The van der Waals surface area contributed by atoms with Crippen LogP contribution < -0.4 is 5.73 Å². The van der Waals surface area contributed by atoms with E-state index in [2.05, 4.69) is 0 Å². The average molecular weight is 199 g/mol. The Morgan fingerprint density at radius 3 is 2.71 bits per heavy atom. The van der Waals surface area contributed by atoms with Gasteiger partial charge < -0.3 is 15.2 Å². The molecule has 1 saturated carbocycles. The highest BCUT2D eigenvalue weighted by molar-refractivity contribution is 5.72. The van der Waals surface area contributed by atoms with Crippen molar-refractivity contribution >= 4 is 5.97 Å². The number of carbonyl (C=O) groups excluding carboxylic acids is 1. The van der Waals surface area contributed by atoms with Crippen molar-refractivity contribution in [3.8, 4) is 0 Å². The smallest absolute Gasteiger partial charge is 0.309 e. The summed E-state index contributed by atoms with van der Waals surface area (Å²) in [5.41, 5.74) is 5.68. The lowest BCUT2D eigenvalue weighted by atomic mass is 10.1. The minimum Gasteiger partial charge on any atom is -0.434 e. The van der Waals surface area contributed by atoms with Crippen LogP contribution in [0, 0.1) is 5.92 Å². The summed E-state index contributed by atoms with van der Waals surface area (Å²) < 4.78 is 10.4. The van der Waals surface area contributed by atoms with Gasteiger partial charge in [-0.2, -0.15) is 0 Å². The van der Waals surface area contributed by atoms with Crippen LogP contribution in [0.25, 0.3) is 0 Å². The lowest BCUT2D eigenvalue weighted by Gasteiger charge is -2.17. The molecule has 4 heteroatoms. The highest BCUT2D eigenvalue weighted by Gasteiger charge is 2.33. The Morgan fingerprint density at radius 1 is 1.43 bits per heavy atom. The molecule has 2 rings (SSSR count). The molecule has 0 bridgehead atoms. The van der Waals surface area contributed by atoms with E-state index < -0.39 is 6.29 Å². The van der Waals surface area contributed by atoms with Crippen LogP contribution in [0.15, 0.2) is 0 Å². The second-order valence-corrected chi connectivity index (χ2v) is 4.21. The fraction of sp³-hybridized carbons (Fsp3) is 0.900. The van der Waals surface area contributed by atoms with E-state index in [1.54, 1.807) is 0 Å². The monoisotopic (exact) mass is 199 g/mol. The molecular weight excluding hydrogens is 182 g/mol. The van der Waals surface area contributed by atoms with Gasteiger partial charge in [0.25, 0.3) is 0 Å². The van der Waals surface area contributed by atoms with Crippen LogP contribution >= 0.6 is 0 Å². The third kappa shape index (κ3) is 2.25. The summed E-state index contributed by atoms with van der Waals surface area (Å²) in [4.78, 5) is 10.9. The molecule has 1 aliphatic carbocycles. The number of hydrogen-bond donors (Lipinski definition) is 1. The minimum atomic E-state index is -0.497. The number of carbonyl (C=O) groups is 1. The zero-order valence-electron chi connectivity index (χ0n) is 8.28. The second kappa shape index (κ2) is 4.28. The standard InChI is InChI=1S/C10H17NO3/c11-8-5-9(12)14-10(8)13-6-7-3-1-2-4-7/h7-8,10H,1-6,11H2. The van der Waals surface area contributed by atoms with Crippen molar-refractivity contribution in [3.63, 3.8) is 0 Å². The van der Waals surface area contributed by atoms with Crippen molar-refractivity contribution in [2.75, 3.05) is 6.61 Å². The third-order valence-corrected chi connectivity index (χ3v) is 2.97. The predicted molar refractivity (Wildman–Crippen MR) is 50.4 cm³/mol. The lowest BCUT2D eigenvalue weighted by Crippen LogP contribution is -2.33. The number of nitrogens with two attached hydrogens (primary N) is 1. The molecule has 2 unspecified atom stereocenters. The van der Waals surface area contributed by atoms with Crippen LogP contribution in [0.4, 0.5) is 0 Å². The number of hydrogen-bond acceptors (Lipinski definition) is 4. The Morgan fingerprint density at radius 2 is 2.14 bits per heavy atom. The summed E-state index contributed by atoms with van der Waals surface area (Å²) in [6.45, 7) is 0.686. The van der Waals surface area contributed by atoms with Crippen LogP contribution in [0.2, 0.25) is 0 Å². The second-order valence-electron chi connectivity index (χ2n) is 4.21.